The van der Waals surface area contributed by atoms with Gasteiger partial charge in [0.2, 0.25) is 0 Å². The number of rotatable bonds is 5. The van der Waals surface area contributed by atoms with E-state index in [9.17, 15) is 9.18 Å². The molecule has 0 amide bonds. The molecule has 6 nitrogen and oxygen atoms in total. The summed E-state index contributed by atoms with van der Waals surface area (Å²) in [7, 11) is 0. The van der Waals surface area contributed by atoms with Gasteiger partial charge in [0.25, 0.3) is 0 Å². The van der Waals surface area contributed by atoms with Gasteiger partial charge in [0.1, 0.15) is 11.6 Å². The minimum atomic E-state index is -0.954. The van der Waals surface area contributed by atoms with Crippen LogP contribution in [0.4, 0.5) is 4.39 Å². The van der Waals surface area contributed by atoms with Crippen molar-refractivity contribution in [3.63, 3.8) is 0 Å². The number of carboxylic acid groups (broad SMARTS) is 1. The Kier molecular flexibility index (Phi) is 4.35. The highest BCUT2D eigenvalue weighted by molar-refractivity contribution is 7.99. The molecule has 0 fully saturated rings. The lowest BCUT2D eigenvalue weighted by molar-refractivity contribution is -0.133. The molecule has 0 aliphatic heterocycles. The maximum Gasteiger partial charge on any atom is 0.313 e. The highest BCUT2D eigenvalue weighted by Gasteiger charge is 2.14. The second kappa shape index (κ2) is 6.43. The van der Waals surface area contributed by atoms with Crippen LogP contribution in [0.2, 0.25) is 5.02 Å². The van der Waals surface area contributed by atoms with Crippen molar-refractivity contribution in [1.29, 1.82) is 0 Å². The number of thioether (sulfide) groups is 1. The fourth-order valence-electron chi connectivity index (χ4n) is 1.85. The zero-order valence-electron chi connectivity index (χ0n) is 11.4. The molecule has 9 heteroatoms. The average molecular weight is 354 g/mol. The van der Waals surface area contributed by atoms with Crippen LogP contribution in [0.15, 0.2) is 39.9 Å². The van der Waals surface area contributed by atoms with Gasteiger partial charge in [0.05, 0.1) is 11.3 Å². The summed E-state index contributed by atoms with van der Waals surface area (Å²) in [6, 6.07) is 7.38. The van der Waals surface area contributed by atoms with E-state index in [1.54, 1.807) is 12.1 Å². The zero-order valence-corrected chi connectivity index (χ0v) is 13.0. The highest BCUT2D eigenvalue weighted by Crippen LogP contribution is 2.30. The fraction of sp³-hybridized carbons (Fsp3) is 0.0714. The number of aromatic amines is 1. The SMILES string of the molecule is O=C(O)CSc1nnc(-c2ccc(-c3cc(Cl)ccc3F)o2)[nH]1. The van der Waals surface area contributed by atoms with Crippen LogP contribution in [0.3, 0.4) is 0 Å². The Hall–Kier alpha value is -2.32. The van der Waals surface area contributed by atoms with Crippen LogP contribution in [-0.2, 0) is 4.79 Å². The Morgan fingerprint density at radius 3 is 2.87 bits per heavy atom. The lowest BCUT2D eigenvalue weighted by atomic mass is 10.1. The summed E-state index contributed by atoms with van der Waals surface area (Å²) in [5, 5.41) is 17.1. The Bertz CT molecular complexity index is 865. The third-order valence-corrected chi connectivity index (χ3v) is 3.92. The number of aromatic nitrogens is 3. The maximum atomic E-state index is 13.8. The molecule has 2 heterocycles. The summed E-state index contributed by atoms with van der Waals surface area (Å²) in [5.41, 5.74) is 0.240. The molecule has 1 aromatic carbocycles. The van der Waals surface area contributed by atoms with E-state index in [1.165, 1.54) is 18.2 Å². The lowest BCUT2D eigenvalue weighted by Gasteiger charge is -2.00. The van der Waals surface area contributed by atoms with Gasteiger partial charge in [-0.15, -0.1) is 10.2 Å². The van der Waals surface area contributed by atoms with E-state index in [0.717, 1.165) is 11.8 Å². The summed E-state index contributed by atoms with van der Waals surface area (Å²) in [6.07, 6.45) is 0. The molecule has 0 radical (unpaired) electrons. The van der Waals surface area contributed by atoms with Crippen molar-refractivity contribution in [1.82, 2.24) is 15.2 Å². The van der Waals surface area contributed by atoms with E-state index < -0.39 is 11.8 Å². The van der Waals surface area contributed by atoms with Gasteiger partial charge in [-0.25, -0.2) is 4.39 Å². The summed E-state index contributed by atoms with van der Waals surface area (Å²) in [4.78, 5) is 13.4. The van der Waals surface area contributed by atoms with Crippen LogP contribution in [0.5, 0.6) is 0 Å². The van der Waals surface area contributed by atoms with E-state index in [4.69, 9.17) is 21.1 Å². The molecular formula is C14H9ClFN3O3S. The first-order chi connectivity index (χ1) is 11.0. The number of aliphatic carboxylic acids is 1. The molecule has 0 spiro atoms. The van der Waals surface area contributed by atoms with E-state index in [0.29, 0.717) is 27.5 Å². The number of hydrogen-bond acceptors (Lipinski definition) is 5. The van der Waals surface area contributed by atoms with Crippen LogP contribution in [0.25, 0.3) is 22.9 Å². The smallest absolute Gasteiger partial charge is 0.313 e. The van der Waals surface area contributed by atoms with Crippen LogP contribution < -0.4 is 0 Å². The van der Waals surface area contributed by atoms with Gasteiger partial charge in [0, 0.05) is 5.02 Å². The molecule has 0 aliphatic rings. The van der Waals surface area contributed by atoms with Gasteiger partial charge in [-0.05, 0) is 30.3 Å². The third-order valence-electron chi connectivity index (χ3n) is 2.83. The monoisotopic (exact) mass is 353 g/mol. The van der Waals surface area contributed by atoms with Gasteiger partial charge < -0.3 is 14.5 Å². The topological polar surface area (TPSA) is 92.0 Å². The molecule has 3 aromatic rings. The van der Waals surface area contributed by atoms with Crippen molar-refractivity contribution in [2.45, 2.75) is 5.16 Å². The molecule has 0 saturated heterocycles. The second-order valence-corrected chi connectivity index (χ2v) is 5.85. The number of H-pyrrole nitrogens is 1. The number of carbonyl (C=O) groups is 1. The van der Waals surface area contributed by atoms with Gasteiger partial charge in [-0.3, -0.25) is 4.79 Å². The van der Waals surface area contributed by atoms with E-state index in [-0.39, 0.29) is 11.3 Å². The molecular weight excluding hydrogens is 345 g/mol. The van der Waals surface area contributed by atoms with Crippen molar-refractivity contribution in [3.8, 4) is 22.9 Å². The van der Waals surface area contributed by atoms with Crippen molar-refractivity contribution in [2.24, 2.45) is 0 Å². The number of halogens is 2. The van der Waals surface area contributed by atoms with Crippen molar-refractivity contribution < 1.29 is 18.7 Å². The van der Waals surface area contributed by atoms with E-state index >= 15 is 0 Å². The van der Waals surface area contributed by atoms with Crippen LogP contribution >= 0.6 is 23.4 Å². The maximum absolute atomic E-state index is 13.8. The number of carboxylic acids is 1. The minimum absolute atomic E-state index is 0.133. The third kappa shape index (κ3) is 3.54. The highest BCUT2D eigenvalue weighted by atomic mass is 35.5. The predicted octanol–water partition coefficient (Wildman–Crippen LogP) is 3.70. The number of furan rings is 1. The Balaban J connectivity index is 1.84. The number of benzene rings is 1. The van der Waals surface area contributed by atoms with Gasteiger partial charge in [-0.1, -0.05) is 23.4 Å². The molecule has 2 N–H and O–H groups in total. The molecule has 3 rings (SSSR count). The Morgan fingerprint density at radius 1 is 1.30 bits per heavy atom. The molecule has 0 atom stereocenters. The summed E-state index contributed by atoms with van der Waals surface area (Å²) >= 11 is 6.87. The molecule has 2 aromatic heterocycles. The first-order valence-electron chi connectivity index (χ1n) is 6.36. The first-order valence-corrected chi connectivity index (χ1v) is 7.72. The largest absolute Gasteiger partial charge is 0.481 e. The molecule has 0 saturated carbocycles. The predicted molar refractivity (Wildman–Crippen MR) is 82.8 cm³/mol. The number of nitrogens with zero attached hydrogens (tertiary/aromatic N) is 2. The Morgan fingerprint density at radius 2 is 2.09 bits per heavy atom. The Labute approximate surface area is 138 Å². The molecule has 23 heavy (non-hydrogen) atoms. The normalized spacial score (nSPS) is 10.9. The van der Waals surface area contributed by atoms with E-state index in [2.05, 4.69) is 15.2 Å². The lowest BCUT2D eigenvalue weighted by Crippen LogP contribution is -1.97. The fourth-order valence-corrected chi connectivity index (χ4v) is 2.55. The zero-order chi connectivity index (χ0) is 16.4. The van der Waals surface area contributed by atoms with E-state index in [1.807, 2.05) is 0 Å². The molecule has 118 valence electrons. The molecule has 0 unspecified atom stereocenters. The first kappa shape index (κ1) is 15.6. The van der Waals surface area contributed by atoms with Crippen molar-refractivity contribution in [2.75, 3.05) is 5.75 Å². The quantitative estimate of drug-likeness (QED) is 0.679. The minimum Gasteiger partial charge on any atom is -0.481 e. The molecule has 0 bridgehead atoms. The number of nitrogens with one attached hydrogen (secondary N) is 1. The average Bonchev–Trinajstić information content (AvgIpc) is 3.16. The molecule has 0 aliphatic carbocycles. The second-order valence-electron chi connectivity index (χ2n) is 4.45. The summed E-state index contributed by atoms with van der Waals surface area (Å²) in [5.74, 6) is -0.557. The summed E-state index contributed by atoms with van der Waals surface area (Å²) in [6.45, 7) is 0. The van der Waals surface area contributed by atoms with Crippen LogP contribution in [0, 0.1) is 5.82 Å². The van der Waals surface area contributed by atoms with Crippen LogP contribution in [-0.4, -0.2) is 32.0 Å². The van der Waals surface area contributed by atoms with Gasteiger partial charge in [0.15, 0.2) is 16.7 Å². The van der Waals surface area contributed by atoms with Crippen molar-refractivity contribution >= 4 is 29.3 Å². The van der Waals surface area contributed by atoms with Crippen molar-refractivity contribution in [3.05, 3.63) is 41.2 Å². The van der Waals surface area contributed by atoms with Crippen LogP contribution in [0.1, 0.15) is 0 Å². The van der Waals surface area contributed by atoms with Gasteiger partial charge in [-0.2, -0.15) is 0 Å². The number of hydrogen-bond donors (Lipinski definition) is 2. The standard InChI is InChI=1S/C14H9ClFN3O3S/c15-7-1-2-9(16)8(5-7)10-3-4-11(22-10)13-17-14(19-18-13)23-6-12(20)21/h1-5H,6H2,(H,20,21)(H,17,18,19). The summed E-state index contributed by atoms with van der Waals surface area (Å²) < 4.78 is 19.4. The van der Waals surface area contributed by atoms with Gasteiger partial charge >= 0.3 is 5.97 Å².